The molecule has 0 fully saturated rings. The van der Waals surface area contributed by atoms with Gasteiger partial charge in [0.1, 0.15) is 0 Å². The van der Waals surface area contributed by atoms with E-state index in [0.717, 1.165) is 23.7 Å². The van der Waals surface area contributed by atoms with Crippen LogP contribution in [0.4, 0.5) is 0 Å². The fourth-order valence-corrected chi connectivity index (χ4v) is 4.04. The molecule has 6 heteroatoms. The second kappa shape index (κ2) is 8.10. The van der Waals surface area contributed by atoms with Gasteiger partial charge in [-0.2, -0.15) is 0 Å². The lowest BCUT2D eigenvalue weighted by Gasteiger charge is -2.29. The van der Waals surface area contributed by atoms with Crippen molar-refractivity contribution >= 4 is 26.0 Å². The molecular weight excluding hydrogens is 340 g/mol. The molecule has 0 spiro atoms. The van der Waals surface area contributed by atoms with Gasteiger partial charge in [0.05, 0.1) is 5.75 Å². The third kappa shape index (κ3) is 5.50. The van der Waals surface area contributed by atoms with Crippen LogP contribution in [-0.4, -0.2) is 31.0 Å². The lowest BCUT2D eigenvalue weighted by molar-refractivity contribution is 0.309. The van der Waals surface area contributed by atoms with E-state index in [2.05, 4.69) is 39.5 Å². The van der Waals surface area contributed by atoms with Gasteiger partial charge in [-0.05, 0) is 42.4 Å². The first-order valence-corrected chi connectivity index (χ1v) is 9.66. The number of halogens is 1. The van der Waals surface area contributed by atoms with Crippen molar-refractivity contribution in [3.63, 3.8) is 0 Å². The number of hydrogen-bond acceptors (Lipinski definition) is 3. The summed E-state index contributed by atoms with van der Waals surface area (Å²) >= 11 is 3.50. The molecule has 0 aliphatic rings. The van der Waals surface area contributed by atoms with Crippen molar-refractivity contribution < 1.29 is 8.42 Å². The third-order valence-electron chi connectivity index (χ3n) is 3.86. The molecule has 0 aromatic carbocycles. The smallest absolute Gasteiger partial charge is 0.211 e. The fraction of sp³-hybridized carbons (Fsp3) is 0.643. The first-order valence-electron chi connectivity index (χ1n) is 6.89. The lowest BCUT2D eigenvalue weighted by Crippen LogP contribution is -2.39. The topological polar surface area (TPSA) is 59.1 Å². The second-order valence-electron chi connectivity index (χ2n) is 5.09. The Balaban J connectivity index is 2.53. The summed E-state index contributed by atoms with van der Waals surface area (Å²) in [6.07, 6.45) is 5.76. The zero-order valence-electron chi connectivity index (χ0n) is 12.1. The predicted molar refractivity (Wildman–Crippen MR) is 86.5 cm³/mol. The van der Waals surface area contributed by atoms with Gasteiger partial charge < -0.3 is 0 Å². The van der Waals surface area contributed by atoms with Crippen LogP contribution in [0.3, 0.4) is 0 Å². The zero-order chi connectivity index (χ0) is 15.1. The number of sulfonamides is 1. The van der Waals surface area contributed by atoms with Crippen molar-refractivity contribution in [2.24, 2.45) is 5.41 Å². The number of rotatable bonds is 9. The Labute approximate surface area is 130 Å². The first kappa shape index (κ1) is 17.6. The molecule has 0 amide bonds. The molecule has 114 valence electrons. The van der Waals surface area contributed by atoms with Gasteiger partial charge in [0, 0.05) is 24.3 Å². The second-order valence-corrected chi connectivity index (χ2v) is 7.57. The molecular formula is C14H23BrN2O2S. The van der Waals surface area contributed by atoms with Crippen LogP contribution in [0.1, 0.15) is 32.3 Å². The maximum absolute atomic E-state index is 12.1. The van der Waals surface area contributed by atoms with E-state index < -0.39 is 10.0 Å². The number of pyridine rings is 1. The molecule has 0 aliphatic carbocycles. The van der Waals surface area contributed by atoms with Gasteiger partial charge in [-0.3, -0.25) is 4.98 Å². The van der Waals surface area contributed by atoms with Crippen molar-refractivity contribution in [2.45, 2.75) is 33.1 Å². The highest BCUT2D eigenvalue weighted by Crippen LogP contribution is 2.27. The van der Waals surface area contributed by atoms with Gasteiger partial charge in [-0.25, -0.2) is 13.1 Å². The minimum atomic E-state index is -3.23. The third-order valence-corrected chi connectivity index (χ3v) is 6.37. The summed E-state index contributed by atoms with van der Waals surface area (Å²) in [7, 11) is -3.23. The average molecular weight is 363 g/mol. The molecule has 0 saturated heterocycles. The Morgan fingerprint density at radius 2 is 1.85 bits per heavy atom. The number of alkyl halides is 1. The van der Waals surface area contributed by atoms with Crippen LogP contribution in [0.2, 0.25) is 0 Å². The van der Waals surface area contributed by atoms with Crippen LogP contribution in [0.5, 0.6) is 0 Å². The van der Waals surface area contributed by atoms with E-state index in [1.807, 2.05) is 12.1 Å². The Morgan fingerprint density at radius 1 is 1.25 bits per heavy atom. The normalized spacial score (nSPS) is 12.6. The van der Waals surface area contributed by atoms with E-state index in [1.165, 1.54) is 0 Å². The molecule has 0 radical (unpaired) electrons. The van der Waals surface area contributed by atoms with E-state index >= 15 is 0 Å². The summed E-state index contributed by atoms with van der Waals surface area (Å²) in [4.78, 5) is 3.92. The molecule has 4 nitrogen and oxygen atoms in total. The summed E-state index contributed by atoms with van der Waals surface area (Å²) < 4.78 is 26.9. The van der Waals surface area contributed by atoms with Crippen molar-refractivity contribution in [2.75, 3.05) is 17.6 Å². The van der Waals surface area contributed by atoms with Gasteiger partial charge in [-0.15, -0.1) is 0 Å². The summed E-state index contributed by atoms with van der Waals surface area (Å²) in [5, 5.41) is 0.805. The molecule has 1 aromatic rings. The van der Waals surface area contributed by atoms with Crippen LogP contribution in [0.15, 0.2) is 24.5 Å². The Kier molecular flexibility index (Phi) is 7.12. The average Bonchev–Trinajstić information content (AvgIpc) is 2.48. The van der Waals surface area contributed by atoms with E-state index in [9.17, 15) is 8.42 Å². The summed E-state index contributed by atoms with van der Waals surface area (Å²) in [6, 6.07) is 3.69. The van der Waals surface area contributed by atoms with E-state index in [4.69, 9.17) is 0 Å². The lowest BCUT2D eigenvalue weighted by atomic mass is 9.85. The van der Waals surface area contributed by atoms with Gasteiger partial charge in [0.25, 0.3) is 0 Å². The standard InChI is InChI=1S/C14H23BrN2O2S/c1-3-14(4-2,11-15)12-17-20(18,19)10-7-13-5-8-16-9-6-13/h5-6,8-9,17H,3-4,7,10-12H2,1-2H3. The van der Waals surface area contributed by atoms with E-state index in [0.29, 0.717) is 13.0 Å². The van der Waals surface area contributed by atoms with Gasteiger partial charge in [0.15, 0.2) is 0 Å². The SMILES string of the molecule is CCC(CC)(CBr)CNS(=O)(=O)CCc1ccncc1. The highest BCUT2D eigenvalue weighted by molar-refractivity contribution is 9.09. The number of hydrogen-bond donors (Lipinski definition) is 1. The molecule has 0 atom stereocenters. The largest absolute Gasteiger partial charge is 0.265 e. The van der Waals surface area contributed by atoms with Crippen molar-refractivity contribution in [1.29, 1.82) is 0 Å². The number of aromatic nitrogens is 1. The molecule has 0 unspecified atom stereocenters. The number of aryl methyl sites for hydroxylation is 1. The highest BCUT2D eigenvalue weighted by atomic mass is 79.9. The van der Waals surface area contributed by atoms with Crippen molar-refractivity contribution in [3.05, 3.63) is 30.1 Å². The molecule has 0 bridgehead atoms. The molecule has 20 heavy (non-hydrogen) atoms. The van der Waals surface area contributed by atoms with Gasteiger partial charge in [0.2, 0.25) is 10.0 Å². The van der Waals surface area contributed by atoms with Gasteiger partial charge >= 0.3 is 0 Å². The highest BCUT2D eigenvalue weighted by Gasteiger charge is 2.26. The summed E-state index contributed by atoms with van der Waals surface area (Å²) in [6.45, 7) is 4.68. The molecule has 1 heterocycles. The molecule has 0 aliphatic heterocycles. The van der Waals surface area contributed by atoms with Crippen LogP contribution >= 0.6 is 15.9 Å². The zero-order valence-corrected chi connectivity index (χ0v) is 14.5. The Hall–Kier alpha value is -0.460. The molecule has 1 aromatic heterocycles. The molecule has 1 N–H and O–H groups in total. The monoisotopic (exact) mass is 362 g/mol. The fourth-order valence-electron chi connectivity index (χ4n) is 1.87. The van der Waals surface area contributed by atoms with Crippen LogP contribution in [-0.2, 0) is 16.4 Å². The number of nitrogens with one attached hydrogen (secondary N) is 1. The Morgan fingerprint density at radius 3 is 2.35 bits per heavy atom. The minimum absolute atomic E-state index is 0.00371. The predicted octanol–water partition coefficient (Wildman–Crippen LogP) is 2.74. The summed E-state index contributed by atoms with van der Waals surface area (Å²) in [5.74, 6) is 0.114. The van der Waals surface area contributed by atoms with Crippen LogP contribution in [0.25, 0.3) is 0 Å². The Bertz CT molecular complexity index is 479. The van der Waals surface area contributed by atoms with E-state index in [-0.39, 0.29) is 11.2 Å². The summed E-state index contributed by atoms with van der Waals surface area (Å²) in [5.41, 5.74) is 0.993. The molecule has 1 rings (SSSR count). The minimum Gasteiger partial charge on any atom is -0.265 e. The van der Waals surface area contributed by atoms with Crippen LogP contribution < -0.4 is 4.72 Å². The first-order chi connectivity index (χ1) is 9.47. The maximum Gasteiger partial charge on any atom is 0.211 e. The molecule has 0 saturated carbocycles. The van der Waals surface area contributed by atoms with Crippen molar-refractivity contribution in [3.8, 4) is 0 Å². The van der Waals surface area contributed by atoms with E-state index in [1.54, 1.807) is 12.4 Å². The quantitative estimate of drug-likeness (QED) is 0.687. The van der Waals surface area contributed by atoms with Gasteiger partial charge in [-0.1, -0.05) is 29.8 Å². The van der Waals surface area contributed by atoms with Crippen LogP contribution in [0, 0.1) is 5.41 Å². The number of nitrogens with zero attached hydrogens (tertiary/aromatic N) is 1. The maximum atomic E-state index is 12.1. The van der Waals surface area contributed by atoms with Crippen molar-refractivity contribution in [1.82, 2.24) is 9.71 Å².